The summed E-state index contributed by atoms with van der Waals surface area (Å²) in [4.78, 5) is 58.1. The molecule has 3 aliphatic heterocycles. The summed E-state index contributed by atoms with van der Waals surface area (Å²) in [6.07, 6.45) is 2.36. The highest BCUT2D eigenvalue weighted by Crippen LogP contribution is 2.44. The van der Waals surface area contributed by atoms with E-state index in [1.165, 1.54) is 12.0 Å². The van der Waals surface area contributed by atoms with Gasteiger partial charge in [-0.2, -0.15) is 0 Å². The molecular weight excluding hydrogens is 702 g/mol. The number of aromatic nitrogens is 4. The lowest BCUT2D eigenvalue weighted by atomic mass is 9.92. The van der Waals surface area contributed by atoms with Crippen LogP contribution in [0.15, 0.2) is 48.7 Å². The van der Waals surface area contributed by atoms with Crippen molar-refractivity contribution in [3.8, 4) is 28.1 Å². The summed E-state index contributed by atoms with van der Waals surface area (Å²) < 4.78 is 16.5. The molecule has 2 fully saturated rings. The van der Waals surface area contributed by atoms with Crippen molar-refractivity contribution in [2.24, 2.45) is 17.8 Å². The second-order valence-corrected chi connectivity index (χ2v) is 15.4. The number of carbonyl (C=O) groups is 3. The maximum atomic E-state index is 13.9. The van der Waals surface area contributed by atoms with Gasteiger partial charge in [0.05, 0.1) is 48.7 Å². The third-order valence-electron chi connectivity index (χ3n) is 11.7. The Kier molecular flexibility index (Phi) is 9.62. The van der Waals surface area contributed by atoms with Crippen molar-refractivity contribution < 1.29 is 33.7 Å². The molecule has 0 aliphatic carbocycles. The molecule has 0 saturated carbocycles. The van der Waals surface area contributed by atoms with E-state index in [1.807, 2.05) is 37.1 Å². The molecule has 2 aromatic heterocycles. The van der Waals surface area contributed by atoms with E-state index in [2.05, 4.69) is 52.5 Å². The van der Waals surface area contributed by atoms with E-state index in [9.17, 15) is 19.5 Å². The van der Waals surface area contributed by atoms with Crippen molar-refractivity contribution in [3.05, 3.63) is 65.9 Å². The summed E-state index contributed by atoms with van der Waals surface area (Å²) in [5.41, 5.74) is 6.53. The lowest BCUT2D eigenvalue weighted by molar-refractivity contribution is -0.135. The molecule has 288 valence electrons. The maximum Gasteiger partial charge on any atom is 0.407 e. The number of alkyl carbamates (subject to hydrolysis) is 1. The first-order valence-electron chi connectivity index (χ1n) is 19.0. The number of hydrogen-bond acceptors (Lipinski definition) is 8. The van der Waals surface area contributed by atoms with Crippen LogP contribution in [0.3, 0.4) is 0 Å². The number of carbonyl (C=O) groups excluding carboxylic acids is 2. The number of likely N-dealkylation sites (tertiary alicyclic amines) is 2. The monoisotopic (exact) mass is 749 g/mol. The highest BCUT2D eigenvalue weighted by atomic mass is 16.5. The average molecular weight is 750 g/mol. The molecule has 2 saturated heterocycles. The zero-order valence-electron chi connectivity index (χ0n) is 31.7. The number of aromatic amines is 2. The van der Waals surface area contributed by atoms with Crippen molar-refractivity contribution in [1.82, 2.24) is 35.1 Å². The molecule has 4 N–H and O–H groups in total. The summed E-state index contributed by atoms with van der Waals surface area (Å²) in [6, 6.07) is 13.2. The van der Waals surface area contributed by atoms with Crippen LogP contribution in [-0.4, -0.2) is 92.9 Å². The lowest BCUT2D eigenvalue weighted by Crippen LogP contribution is -2.51. The van der Waals surface area contributed by atoms with E-state index in [0.29, 0.717) is 44.4 Å². The minimum Gasteiger partial charge on any atom is -0.488 e. The summed E-state index contributed by atoms with van der Waals surface area (Å²) in [6.45, 7) is 7.94. The van der Waals surface area contributed by atoms with Crippen LogP contribution in [0.25, 0.3) is 44.2 Å². The highest BCUT2D eigenvalue weighted by molar-refractivity contribution is 6.07. The van der Waals surface area contributed by atoms with Gasteiger partial charge in [0, 0.05) is 37.1 Å². The summed E-state index contributed by atoms with van der Waals surface area (Å²) >= 11 is 0. The third-order valence-corrected chi connectivity index (χ3v) is 11.7. The minimum absolute atomic E-state index is 0.0707. The second-order valence-electron chi connectivity index (χ2n) is 15.4. The number of carboxylic acid groups (broad SMARTS) is 1. The smallest absolute Gasteiger partial charge is 0.407 e. The highest BCUT2D eigenvalue weighted by Gasteiger charge is 2.41. The Balaban J connectivity index is 1.05. The van der Waals surface area contributed by atoms with Gasteiger partial charge in [0.15, 0.2) is 0 Å². The fraction of sp³-hybridized carbons (Fsp3) is 0.439. The molecule has 5 aromatic rings. The van der Waals surface area contributed by atoms with Gasteiger partial charge >= 0.3 is 12.2 Å². The minimum atomic E-state index is -0.963. The first-order chi connectivity index (χ1) is 26.6. The van der Waals surface area contributed by atoms with Gasteiger partial charge in [-0.1, -0.05) is 45.4 Å². The van der Waals surface area contributed by atoms with Gasteiger partial charge in [0.2, 0.25) is 5.91 Å². The maximum absolute atomic E-state index is 13.9. The molecular formula is C41H47N7O7. The van der Waals surface area contributed by atoms with Crippen molar-refractivity contribution in [2.75, 3.05) is 33.9 Å². The summed E-state index contributed by atoms with van der Waals surface area (Å²) in [5.74, 6) is 2.28. The zero-order chi connectivity index (χ0) is 38.5. The van der Waals surface area contributed by atoms with Crippen LogP contribution in [0.5, 0.6) is 5.75 Å². The number of imidazole rings is 2. The van der Waals surface area contributed by atoms with Crippen molar-refractivity contribution >= 4 is 39.9 Å². The first-order valence-corrected chi connectivity index (χ1v) is 19.0. The Labute approximate surface area is 318 Å². The number of methoxy groups -OCH3 is 2. The predicted octanol–water partition coefficient (Wildman–Crippen LogP) is 7.03. The molecule has 55 heavy (non-hydrogen) atoms. The van der Waals surface area contributed by atoms with Crippen molar-refractivity contribution in [3.63, 3.8) is 0 Å². The van der Waals surface area contributed by atoms with Gasteiger partial charge < -0.3 is 39.5 Å². The molecule has 0 spiro atoms. The molecule has 14 heteroatoms. The summed E-state index contributed by atoms with van der Waals surface area (Å²) in [7, 11) is 2.94. The number of hydrogen-bond donors (Lipinski definition) is 4. The van der Waals surface area contributed by atoms with Crippen molar-refractivity contribution in [2.45, 2.75) is 64.8 Å². The predicted molar refractivity (Wildman–Crippen MR) is 205 cm³/mol. The normalized spacial score (nSPS) is 21.6. The number of ether oxygens (including phenoxy) is 3. The van der Waals surface area contributed by atoms with E-state index in [1.54, 1.807) is 7.11 Å². The van der Waals surface area contributed by atoms with Gasteiger partial charge in [-0.15, -0.1) is 0 Å². The molecule has 3 aromatic carbocycles. The number of amides is 3. The van der Waals surface area contributed by atoms with Crippen LogP contribution in [0.2, 0.25) is 0 Å². The Morgan fingerprint density at radius 3 is 2.60 bits per heavy atom. The van der Waals surface area contributed by atoms with E-state index >= 15 is 0 Å². The average Bonchev–Trinajstić information content (AvgIpc) is 4.01. The largest absolute Gasteiger partial charge is 0.488 e. The summed E-state index contributed by atoms with van der Waals surface area (Å²) in [5, 5.41) is 14.6. The van der Waals surface area contributed by atoms with Crippen LogP contribution in [0.4, 0.5) is 9.59 Å². The molecule has 5 heterocycles. The Morgan fingerprint density at radius 2 is 1.84 bits per heavy atom. The van der Waals surface area contributed by atoms with E-state index in [-0.39, 0.29) is 35.7 Å². The quantitative estimate of drug-likeness (QED) is 0.123. The zero-order valence-corrected chi connectivity index (χ0v) is 31.7. The molecule has 0 bridgehead atoms. The van der Waals surface area contributed by atoms with Gasteiger partial charge in [0.25, 0.3) is 0 Å². The Bertz CT molecular complexity index is 2280. The molecule has 3 amide bonds. The molecule has 0 unspecified atom stereocenters. The van der Waals surface area contributed by atoms with E-state index in [4.69, 9.17) is 24.2 Å². The van der Waals surface area contributed by atoms with Crippen LogP contribution in [0, 0.1) is 17.8 Å². The lowest BCUT2D eigenvalue weighted by Gasteiger charge is -2.30. The Hall–Kier alpha value is -5.63. The molecule has 3 aliphatic rings. The number of fused-ring (bicyclic) bond motifs is 6. The second kappa shape index (κ2) is 14.5. The Morgan fingerprint density at radius 1 is 1.02 bits per heavy atom. The third kappa shape index (κ3) is 6.62. The SMILES string of the molecule is CC[C@@H](C)[C@H](NC(=O)OC)C(=O)N1C[C@@H](C)C[C@H]1c1ncc(-c2ccc3c(c2)COc2cc4c(ccc5[nH]c([C@@H]6C[C@H](COC)CN6C(=O)O)nc54)cc2-3)[nH]1. The number of benzene rings is 3. The molecule has 6 atom stereocenters. The van der Waals surface area contributed by atoms with Crippen LogP contribution in [-0.2, 0) is 20.9 Å². The van der Waals surface area contributed by atoms with Gasteiger partial charge in [-0.05, 0) is 71.0 Å². The number of nitrogens with zero attached hydrogens (tertiary/aromatic N) is 4. The van der Waals surface area contributed by atoms with Crippen LogP contribution < -0.4 is 10.1 Å². The van der Waals surface area contributed by atoms with Crippen molar-refractivity contribution in [1.29, 1.82) is 0 Å². The fourth-order valence-electron chi connectivity index (χ4n) is 8.63. The van der Waals surface area contributed by atoms with Crippen LogP contribution in [0.1, 0.15) is 69.3 Å². The van der Waals surface area contributed by atoms with Gasteiger partial charge in [-0.3, -0.25) is 9.69 Å². The van der Waals surface area contributed by atoms with E-state index in [0.717, 1.165) is 68.3 Å². The molecule has 0 radical (unpaired) electrons. The topological polar surface area (TPSA) is 175 Å². The number of nitrogens with one attached hydrogen (secondary N) is 3. The first kappa shape index (κ1) is 36.4. The molecule has 14 nitrogen and oxygen atoms in total. The standard InChI is InChI=1S/C41H47N7O7/c1-6-22(3)35(46-40(50)54-5)39(49)47-17-21(2)11-32(47)37-42-16-31(44-37)25-7-9-27-26(13-25)20-55-34-15-28-24(14-29(27)34)8-10-30-36(28)45-38(43-30)33-12-23(19-53-4)18-48(33)41(51)52/h7-10,13-16,21-23,32-33,35H,6,11-12,17-20H2,1-5H3,(H,42,44)(H,43,45)(H,46,50)(H,51,52)/t21-,22+,23-,32-,33-,35-/m0/s1. The van der Waals surface area contributed by atoms with Crippen LogP contribution >= 0.6 is 0 Å². The number of H-pyrrole nitrogens is 2. The van der Waals surface area contributed by atoms with E-state index < -0.39 is 18.2 Å². The fourth-order valence-corrected chi connectivity index (χ4v) is 8.63. The molecule has 8 rings (SSSR count). The number of rotatable bonds is 9. The van der Waals surface area contributed by atoms with Gasteiger partial charge in [-0.25, -0.2) is 19.6 Å². The van der Waals surface area contributed by atoms with Gasteiger partial charge in [0.1, 0.15) is 30.0 Å².